The molecule has 0 saturated carbocycles. The zero-order chi connectivity index (χ0) is 21.2. The van der Waals surface area contributed by atoms with Crippen LogP contribution in [-0.4, -0.2) is 40.3 Å². The Morgan fingerprint density at radius 2 is 1.55 bits per heavy atom. The molecule has 158 valence electrons. The largest absolute Gasteiger partial charge is 0.497 e. The van der Waals surface area contributed by atoms with Crippen molar-refractivity contribution in [2.75, 3.05) is 20.8 Å². The first-order chi connectivity index (χ1) is 15.3. The van der Waals surface area contributed by atoms with Crippen LogP contribution in [0.4, 0.5) is 0 Å². The van der Waals surface area contributed by atoms with Gasteiger partial charge in [0, 0.05) is 17.7 Å². The fourth-order valence-corrected chi connectivity index (χ4v) is 3.89. The van der Waals surface area contributed by atoms with E-state index in [-0.39, 0.29) is 6.23 Å². The molecule has 31 heavy (non-hydrogen) atoms. The zero-order valence-electron chi connectivity index (χ0n) is 17.6. The third kappa shape index (κ3) is 3.72. The summed E-state index contributed by atoms with van der Waals surface area (Å²) in [5.74, 6) is 2.23. The van der Waals surface area contributed by atoms with Gasteiger partial charge in [-0.1, -0.05) is 0 Å². The molecule has 1 unspecified atom stereocenters. The quantitative estimate of drug-likeness (QED) is 0.462. The van der Waals surface area contributed by atoms with E-state index in [0.717, 1.165) is 65.4 Å². The van der Waals surface area contributed by atoms with E-state index in [0.29, 0.717) is 5.82 Å². The topological polar surface area (TPSA) is 71.3 Å². The molecule has 0 amide bonds. The molecule has 1 saturated heterocycles. The number of rotatable bonds is 5. The van der Waals surface area contributed by atoms with Crippen LogP contribution in [0.15, 0.2) is 54.9 Å². The molecule has 0 radical (unpaired) electrons. The summed E-state index contributed by atoms with van der Waals surface area (Å²) in [4.78, 5) is 14.5. The number of methoxy groups -OCH3 is 2. The van der Waals surface area contributed by atoms with E-state index in [9.17, 15) is 0 Å². The second-order valence-electron chi connectivity index (χ2n) is 7.50. The number of aromatic nitrogens is 4. The molecule has 0 bridgehead atoms. The summed E-state index contributed by atoms with van der Waals surface area (Å²) < 4.78 is 18.7. The number of hydrogen-bond donors (Lipinski definition) is 0. The smallest absolute Gasteiger partial charge is 0.166 e. The lowest BCUT2D eigenvalue weighted by Gasteiger charge is -2.23. The van der Waals surface area contributed by atoms with Gasteiger partial charge in [0.25, 0.3) is 0 Å². The van der Waals surface area contributed by atoms with Crippen LogP contribution >= 0.6 is 0 Å². The maximum absolute atomic E-state index is 6.01. The highest BCUT2D eigenvalue weighted by molar-refractivity contribution is 5.89. The monoisotopic (exact) mass is 416 g/mol. The minimum absolute atomic E-state index is 0.0546. The second-order valence-corrected chi connectivity index (χ2v) is 7.50. The highest BCUT2D eigenvalue weighted by atomic mass is 16.5. The standard InChI is InChI=1S/C24H24N4O3/c1-29-18-10-6-16(7-11-18)21-22-24(28(15-25-22)20-5-3-4-14-31-20)27-23(26-21)17-8-12-19(30-2)13-9-17/h6-13,15,20H,3-5,14H2,1-2H3. The first-order valence-corrected chi connectivity index (χ1v) is 10.4. The van der Waals surface area contributed by atoms with Crippen molar-refractivity contribution in [2.24, 2.45) is 0 Å². The van der Waals surface area contributed by atoms with Gasteiger partial charge < -0.3 is 14.2 Å². The average molecular weight is 416 g/mol. The van der Waals surface area contributed by atoms with E-state index in [4.69, 9.17) is 24.2 Å². The lowest BCUT2D eigenvalue weighted by Crippen LogP contribution is -2.17. The first kappa shape index (κ1) is 19.5. The molecule has 1 aliphatic rings. The predicted octanol–water partition coefficient (Wildman–Crippen LogP) is 4.88. The summed E-state index contributed by atoms with van der Waals surface area (Å²) in [7, 11) is 3.31. The van der Waals surface area contributed by atoms with Crippen molar-refractivity contribution in [1.29, 1.82) is 0 Å². The van der Waals surface area contributed by atoms with Crippen molar-refractivity contribution in [3.05, 3.63) is 54.9 Å². The lowest BCUT2D eigenvalue weighted by atomic mass is 10.1. The molecule has 5 rings (SSSR count). The van der Waals surface area contributed by atoms with Gasteiger partial charge in [-0.25, -0.2) is 15.0 Å². The van der Waals surface area contributed by atoms with Crippen LogP contribution in [0.3, 0.4) is 0 Å². The Morgan fingerprint density at radius 3 is 2.16 bits per heavy atom. The fraction of sp³-hybridized carbons (Fsp3) is 0.292. The number of fused-ring (bicyclic) bond motifs is 1. The van der Waals surface area contributed by atoms with Gasteiger partial charge in [0.1, 0.15) is 28.9 Å². The number of benzene rings is 2. The SMILES string of the molecule is COc1ccc(-c2nc(-c3ccc(OC)cc3)c3ncn(C4CCCCO4)c3n2)cc1. The van der Waals surface area contributed by atoms with E-state index < -0.39 is 0 Å². The van der Waals surface area contributed by atoms with Gasteiger partial charge in [-0.05, 0) is 67.8 Å². The van der Waals surface area contributed by atoms with Crippen molar-refractivity contribution < 1.29 is 14.2 Å². The molecule has 0 spiro atoms. The number of ether oxygens (including phenoxy) is 3. The van der Waals surface area contributed by atoms with Crippen molar-refractivity contribution in [3.63, 3.8) is 0 Å². The van der Waals surface area contributed by atoms with Crippen molar-refractivity contribution >= 4 is 11.2 Å². The van der Waals surface area contributed by atoms with Crippen LogP contribution in [0, 0.1) is 0 Å². The molecule has 2 aromatic heterocycles. The Kier molecular flexibility index (Phi) is 5.26. The molecule has 4 aromatic rings. The molecule has 1 aliphatic heterocycles. The summed E-state index contributed by atoms with van der Waals surface area (Å²) in [6.07, 6.45) is 4.94. The van der Waals surface area contributed by atoms with Crippen molar-refractivity contribution in [1.82, 2.24) is 19.5 Å². The zero-order valence-corrected chi connectivity index (χ0v) is 17.6. The van der Waals surface area contributed by atoms with Gasteiger partial charge in [0.05, 0.1) is 20.5 Å². The summed E-state index contributed by atoms with van der Waals surface area (Å²) >= 11 is 0. The Bertz CT molecular complexity index is 1180. The molecule has 3 heterocycles. The van der Waals surface area contributed by atoms with E-state index in [1.54, 1.807) is 14.2 Å². The van der Waals surface area contributed by atoms with Crippen LogP contribution in [-0.2, 0) is 4.74 Å². The van der Waals surface area contributed by atoms with Crippen LogP contribution in [0.2, 0.25) is 0 Å². The molecule has 1 fully saturated rings. The fourth-order valence-electron chi connectivity index (χ4n) is 3.89. The molecular formula is C24H24N4O3. The number of hydrogen-bond acceptors (Lipinski definition) is 6. The van der Waals surface area contributed by atoms with Crippen LogP contribution in [0.25, 0.3) is 33.8 Å². The highest BCUT2D eigenvalue weighted by Crippen LogP contribution is 2.33. The maximum Gasteiger partial charge on any atom is 0.166 e. The first-order valence-electron chi connectivity index (χ1n) is 10.4. The third-order valence-corrected chi connectivity index (χ3v) is 5.60. The number of imidazole rings is 1. The normalized spacial score (nSPS) is 16.4. The van der Waals surface area contributed by atoms with Gasteiger partial charge in [-0.15, -0.1) is 0 Å². The molecule has 1 atom stereocenters. The Hall–Kier alpha value is -3.45. The van der Waals surface area contributed by atoms with Gasteiger partial charge in [-0.3, -0.25) is 4.57 Å². The molecular weight excluding hydrogens is 392 g/mol. The summed E-state index contributed by atoms with van der Waals surface area (Å²) in [5.41, 5.74) is 4.19. The van der Waals surface area contributed by atoms with Crippen LogP contribution < -0.4 is 9.47 Å². The predicted molar refractivity (Wildman–Crippen MR) is 118 cm³/mol. The molecule has 7 heteroatoms. The molecule has 0 aliphatic carbocycles. The average Bonchev–Trinajstić information content (AvgIpc) is 3.28. The molecule has 7 nitrogen and oxygen atoms in total. The summed E-state index contributed by atoms with van der Waals surface area (Å²) in [6.45, 7) is 0.756. The van der Waals surface area contributed by atoms with Gasteiger partial charge in [0.2, 0.25) is 0 Å². The molecule has 2 aromatic carbocycles. The highest BCUT2D eigenvalue weighted by Gasteiger charge is 2.22. The van der Waals surface area contributed by atoms with Crippen LogP contribution in [0.1, 0.15) is 25.5 Å². The molecule has 0 N–H and O–H groups in total. The summed E-state index contributed by atoms with van der Waals surface area (Å²) in [5, 5.41) is 0. The van der Waals surface area contributed by atoms with Crippen LogP contribution in [0.5, 0.6) is 11.5 Å². The van der Waals surface area contributed by atoms with Crippen molar-refractivity contribution in [2.45, 2.75) is 25.5 Å². The minimum Gasteiger partial charge on any atom is -0.497 e. The van der Waals surface area contributed by atoms with E-state index in [2.05, 4.69) is 4.98 Å². The Labute approximate surface area is 180 Å². The Morgan fingerprint density at radius 1 is 0.871 bits per heavy atom. The minimum atomic E-state index is -0.0546. The van der Waals surface area contributed by atoms with Gasteiger partial charge in [-0.2, -0.15) is 0 Å². The van der Waals surface area contributed by atoms with Crippen molar-refractivity contribution in [3.8, 4) is 34.1 Å². The maximum atomic E-state index is 6.01. The van der Waals surface area contributed by atoms with E-state index in [1.807, 2.05) is 59.4 Å². The third-order valence-electron chi connectivity index (χ3n) is 5.60. The van der Waals surface area contributed by atoms with Gasteiger partial charge >= 0.3 is 0 Å². The van der Waals surface area contributed by atoms with Gasteiger partial charge in [0.15, 0.2) is 11.5 Å². The van der Waals surface area contributed by atoms with E-state index >= 15 is 0 Å². The lowest BCUT2D eigenvalue weighted by molar-refractivity contribution is -0.0298. The number of nitrogens with zero attached hydrogens (tertiary/aromatic N) is 4. The second kappa shape index (κ2) is 8.35. The summed E-state index contributed by atoms with van der Waals surface area (Å²) in [6, 6.07) is 15.6. The Balaban J connectivity index is 1.68. The van der Waals surface area contributed by atoms with E-state index in [1.165, 1.54) is 0 Å².